The summed E-state index contributed by atoms with van der Waals surface area (Å²) in [4.78, 5) is 43.9. The van der Waals surface area contributed by atoms with E-state index in [0.29, 0.717) is 25.7 Å². The molecular weight excluding hydrogens is 404 g/mol. The molecule has 2 amide bonds. The van der Waals surface area contributed by atoms with Crippen molar-refractivity contribution < 1.29 is 34.1 Å². The van der Waals surface area contributed by atoms with Crippen molar-refractivity contribution in [3.05, 3.63) is 35.9 Å². The number of unbranched alkanes of at least 4 members (excludes halogenated alkanes) is 1. The van der Waals surface area contributed by atoms with E-state index in [9.17, 15) is 19.5 Å². The summed E-state index contributed by atoms with van der Waals surface area (Å²) >= 11 is 0. The Morgan fingerprint density at radius 1 is 1.16 bits per heavy atom. The van der Waals surface area contributed by atoms with Crippen molar-refractivity contribution in [2.24, 2.45) is 5.92 Å². The monoisotopic (exact) mass is 436 g/mol. The second kappa shape index (κ2) is 15.0. The van der Waals surface area contributed by atoms with Crippen LogP contribution in [0.25, 0.3) is 0 Å². The van der Waals surface area contributed by atoms with Crippen molar-refractivity contribution in [1.82, 2.24) is 10.6 Å². The van der Waals surface area contributed by atoms with E-state index < -0.39 is 18.1 Å². The molecule has 3 atom stereocenters. The van der Waals surface area contributed by atoms with Gasteiger partial charge in [0.15, 0.2) is 0 Å². The lowest BCUT2D eigenvalue weighted by Gasteiger charge is -2.33. The van der Waals surface area contributed by atoms with E-state index in [4.69, 9.17) is 9.90 Å². The zero-order valence-corrected chi connectivity index (χ0v) is 17.8. The van der Waals surface area contributed by atoms with E-state index in [0.717, 1.165) is 19.3 Å². The lowest BCUT2D eigenvalue weighted by Crippen LogP contribution is -2.49. The summed E-state index contributed by atoms with van der Waals surface area (Å²) in [6.07, 6.45) is 3.70. The zero-order chi connectivity index (χ0) is 23.1. The Balaban J connectivity index is 0.00000151. The predicted octanol–water partition coefficient (Wildman–Crippen LogP) is 1.04. The number of hydrogen-bond acceptors (Lipinski definition) is 6. The molecule has 2 rings (SSSR count). The molecule has 4 N–H and O–H groups in total. The fraction of sp³-hybridized carbons (Fsp3) is 0.545. The van der Waals surface area contributed by atoms with E-state index in [-0.39, 0.29) is 30.7 Å². The number of carboxylic acid groups (broad SMARTS) is 1. The van der Waals surface area contributed by atoms with Gasteiger partial charge in [0.25, 0.3) is 6.47 Å². The minimum atomic E-state index is -0.655. The van der Waals surface area contributed by atoms with Crippen molar-refractivity contribution in [3.8, 4) is 0 Å². The van der Waals surface area contributed by atoms with E-state index in [1.54, 1.807) is 0 Å². The lowest BCUT2D eigenvalue weighted by molar-refractivity contribution is -0.142. The number of hydrogen-bond donors (Lipinski definition) is 4. The molecule has 0 saturated heterocycles. The van der Waals surface area contributed by atoms with Gasteiger partial charge < -0.3 is 25.6 Å². The summed E-state index contributed by atoms with van der Waals surface area (Å²) in [6.45, 7) is -0.424. The van der Waals surface area contributed by atoms with Crippen LogP contribution in [0, 0.1) is 5.92 Å². The Kier molecular flexibility index (Phi) is 12.6. The molecule has 1 saturated carbocycles. The maximum atomic E-state index is 12.2. The number of nitrogens with one attached hydrogen (secondary N) is 2. The number of carbonyl (C=O) groups excluding carboxylic acids is 3. The van der Waals surface area contributed by atoms with Gasteiger partial charge in [-0.2, -0.15) is 0 Å². The normalized spacial score (nSPS) is 19.9. The fourth-order valence-corrected chi connectivity index (χ4v) is 3.46. The van der Waals surface area contributed by atoms with Crippen LogP contribution in [0.1, 0.15) is 44.1 Å². The topological polar surface area (TPSA) is 142 Å². The first-order valence-electron chi connectivity index (χ1n) is 10.3. The molecule has 31 heavy (non-hydrogen) atoms. The van der Waals surface area contributed by atoms with Gasteiger partial charge in [-0.3, -0.25) is 19.2 Å². The first-order valence-corrected chi connectivity index (χ1v) is 10.3. The first-order chi connectivity index (χ1) is 14.9. The van der Waals surface area contributed by atoms with E-state index in [2.05, 4.69) is 27.5 Å². The summed E-state index contributed by atoms with van der Waals surface area (Å²) in [6, 6.07) is 9.70. The summed E-state index contributed by atoms with van der Waals surface area (Å²) in [5, 5.41) is 22.5. The number of esters is 1. The average molecular weight is 437 g/mol. The van der Waals surface area contributed by atoms with Gasteiger partial charge in [0.1, 0.15) is 6.54 Å². The molecule has 1 aliphatic carbocycles. The van der Waals surface area contributed by atoms with Gasteiger partial charge in [-0.15, -0.1) is 0 Å². The van der Waals surface area contributed by atoms with Crippen LogP contribution in [0.2, 0.25) is 0 Å². The Hall–Kier alpha value is -2.94. The number of rotatable bonds is 9. The minimum absolute atomic E-state index is 0.104. The standard InChI is InChI=1S/C21H30N2O5.CH2O2/c1-28-20(26)14-22-21(27)16-11-12-18(24)17(13-16)23-19(25)10-6-5-9-15-7-3-2-4-8-15;2-1-3/h2-4,7-8,16-18,24H,5-6,9-14H2,1H3,(H,22,27)(H,23,25);1H,(H,2,3)/t16-,17+,18+;/m0./s1. The first kappa shape index (κ1) is 26.1. The van der Waals surface area contributed by atoms with Gasteiger partial charge >= 0.3 is 5.97 Å². The third-order valence-electron chi connectivity index (χ3n) is 5.13. The maximum Gasteiger partial charge on any atom is 0.325 e. The van der Waals surface area contributed by atoms with Crippen LogP contribution < -0.4 is 10.6 Å². The highest BCUT2D eigenvalue weighted by Crippen LogP contribution is 2.25. The number of methoxy groups -OCH3 is 1. The molecule has 0 heterocycles. The van der Waals surface area contributed by atoms with Crippen LogP contribution in [0.15, 0.2) is 30.3 Å². The van der Waals surface area contributed by atoms with Crippen LogP contribution >= 0.6 is 0 Å². The number of aliphatic hydroxyl groups is 1. The quantitative estimate of drug-likeness (QED) is 0.257. The van der Waals surface area contributed by atoms with Gasteiger partial charge in [-0.1, -0.05) is 30.3 Å². The third-order valence-corrected chi connectivity index (χ3v) is 5.13. The van der Waals surface area contributed by atoms with Gasteiger partial charge in [0.05, 0.1) is 19.3 Å². The molecule has 9 heteroatoms. The van der Waals surface area contributed by atoms with Crippen molar-refractivity contribution in [2.45, 2.75) is 57.1 Å². The molecule has 1 aromatic carbocycles. The highest BCUT2D eigenvalue weighted by Gasteiger charge is 2.33. The van der Waals surface area contributed by atoms with Gasteiger partial charge in [-0.05, 0) is 44.1 Å². The highest BCUT2D eigenvalue weighted by molar-refractivity contribution is 5.83. The second-order valence-electron chi connectivity index (χ2n) is 7.34. The maximum absolute atomic E-state index is 12.2. The number of benzene rings is 1. The SMILES string of the molecule is COC(=O)CNC(=O)[C@H]1CC[C@@H](O)[C@H](NC(=O)CCCCc2ccccc2)C1.O=CO. The van der Waals surface area contributed by atoms with E-state index in [1.807, 2.05) is 18.2 Å². The molecule has 1 aliphatic rings. The summed E-state index contributed by atoms with van der Waals surface area (Å²) in [7, 11) is 1.26. The number of carbonyl (C=O) groups is 4. The number of aryl methyl sites for hydroxylation is 1. The molecule has 0 bridgehead atoms. The molecule has 1 fully saturated rings. The Morgan fingerprint density at radius 2 is 1.84 bits per heavy atom. The van der Waals surface area contributed by atoms with Crippen molar-refractivity contribution >= 4 is 24.3 Å². The number of amides is 2. The molecule has 0 unspecified atom stereocenters. The molecule has 0 radical (unpaired) electrons. The predicted molar refractivity (Wildman–Crippen MR) is 113 cm³/mol. The molecular formula is C22H32N2O7. The van der Waals surface area contributed by atoms with Gasteiger partial charge in [0.2, 0.25) is 11.8 Å². The van der Waals surface area contributed by atoms with E-state index >= 15 is 0 Å². The van der Waals surface area contributed by atoms with Gasteiger partial charge in [-0.25, -0.2) is 0 Å². The van der Waals surface area contributed by atoms with Crippen LogP contribution in [0.5, 0.6) is 0 Å². The van der Waals surface area contributed by atoms with Gasteiger partial charge in [0, 0.05) is 12.3 Å². The largest absolute Gasteiger partial charge is 0.483 e. The highest BCUT2D eigenvalue weighted by atomic mass is 16.5. The van der Waals surface area contributed by atoms with Crippen LogP contribution in [0.4, 0.5) is 0 Å². The summed E-state index contributed by atoms with van der Waals surface area (Å²) in [5.41, 5.74) is 1.26. The molecule has 1 aromatic rings. The molecule has 172 valence electrons. The lowest BCUT2D eigenvalue weighted by atomic mass is 9.83. The summed E-state index contributed by atoms with van der Waals surface area (Å²) in [5.74, 6) is -1.20. The third kappa shape index (κ3) is 10.6. The van der Waals surface area contributed by atoms with Crippen LogP contribution in [-0.4, -0.2) is 60.3 Å². The van der Waals surface area contributed by atoms with Crippen LogP contribution in [-0.2, 0) is 30.3 Å². The fourth-order valence-electron chi connectivity index (χ4n) is 3.46. The number of aliphatic hydroxyl groups excluding tert-OH is 1. The minimum Gasteiger partial charge on any atom is -0.483 e. The van der Waals surface area contributed by atoms with Crippen molar-refractivity contribution in [3.63, 3.8) is 0 Å². The molecule has 0 aliphatic heterocycles. The Labute approximate surface area is 182 Å². The smallest absolute Gasteiger partial charge is 0.325 e. The van der Waals surface area contributed by atoms with Crippen LogP contribution in [0.3, 0.4) is 0 Å². The second-order valence-corrected chi connectivity index (χ2v) is 7.34. The molecule has 9 nitrogen and oxygen atoms in total. The molecule has 0 spiro atoms. The zero-order valence-electron chi connectivity index (χ0n) is 17.8. The summed E-state index contributed by atoms with van der Waals surface area (Å²) < 4.78 is 4.50. The van der Waals surface area contributed by atoms with E-state index in [1.165, 1.54) is 12.7 Å². The molecule has 0 aromatic heterocycles. The number of ether oxygens (including phenoxy) is 1. The average Bonchev–Trinajstić information content (AvgIpc) is 2.77. The Morgan fingerprint density at radius 3 is 2.48 bits per heavy atom. The van der Waals surface area contributed by atoms with Crippen molar-refractivity contribution in [2.75, 3.05) is 13.7 Å². The Bertz CT molecular complexity index is 696. The van der Waals surface area contributed by atoms with Crippen molar-refractivity contribution in [1.29, 1.82) is 0 Å².